The van der Waals surface area contributed by atoms with E-state index < -0.39 is 11.7 Å². The molecule has 1 aliphatic rings. The first-order chi connectivity index (χ1) is 13.5. The van der Waals surface area contributed by atoms with E-state index in [0.29, 0.717) is 31.7 Å². The number of halogens is 3. The summed E-state index contributed by atoms with van der Waals surface area (Å²) < 4.78 is 46.6. The third-order valence-electron chi connectivity index (χ3n) is 4.63. The second-order valence-electron chi connectivity index (χ2n) is 6.50. The van der Waals surface area contributed by atoms with Gasteiger partial charge in [-0.3, -0.25) is 0 Å². The minimum absolute atomic E-state index is 0.114. The zero-order chi connectivity index (χ0) is 19.6. The van der Waals surface area contributed by atoms with Crippen molar-refractivity contribution in [2.24, 2.45) is 0 Å². The molecule has 0 saturated carbocycles. The Kier molecular flexibility index (Phi) is 4.89. The van der Waals surface area contributed by atoms with Gasteiger partial charge >= 0.3 is 6.18 Å². The molecule has 0 aliphatic carbocycles. The van der Waals surface area contributed by atoms with Crippen molar-refractivity contribution < 1.29 is 17.9 Å². The summed E-state index contributed by atoms with van der Waals surface area (Å²) in [6.45, 7) is 1.27. The summed E-state index contributed by atoms with van der Waals surface area (Å²) in [4.78, 5) is 2.05. The zero-order valence-corrected chi connectivity index (χ0v) is 14.9. The second kappa shape index (κ2) is 7.49. The van der Waals surface area contributed by atoms with Gasteiger partial charge in [0.05, 0.1) is 5.56 Å². The number of aromatic nitrogens is 4. The molecule has 28 heavy (non-hydrogen) atoms. The van der Waals surface area contributed by atoms with Crippen molar-refractivity contribution in [2.75, 3.05) is 18.0 Å². The van der Waals surface area contributed by atoms with E-state index in [9.17, 15) is 13.2 Å². The molecule has 0 atom stereocenters. The van der Waals surface area contributed by atoms with E-state index in [-0.39, 0.29) is 11.9 Å². The summed E-state index contributed by atoms with van der Waals surface area (Å²) >= 11 is 0. The molecule has 146 valence electrons. The van der Waals surface area contributed by atoms with Gasteiger partial charge in [0.2, 0.25) is 0 Å². The van der Waals surface area contributed by atoms with E-state index in [1.54, 1.807) is 29.2 Å². The average molecular weight is 389 g/mol. The molecule has 0 spiro atoms. The summed E-state index contributed by atoms with van der Waals surface area (Å²) in [5.41, 5.74) is -0.738. The van der Waals surface area contributed by atoms with Gasteiger partial charge < -0.3 is 9.64 Å². The Bertz CT molecular complexity index is 904. The summed E-state index contributed by atoms with van der Waals surface area (Å²) in [5.74, 6) is 1.23. The largest absolute Gasteiger partial charge is 0.490 e. The summed E-state index contributed by atoms with van der Waals surface area (Å²) in [6, 6.07) is 10.8. The van der Waals surface area contributed by atoms with Crippen molar-refractivity contribution in [1.82, 2.24) is 20.0 Å². The quantitative estimate of drug-likeness (QED) is 0.681. The number of hydrogen-bond donors (Lipinski definition) is 0. The number of alkyl halides is 3. The minimum Gasteiger partial charge on any atom is -0.490 e. The van der Waals surface area contributed by atoms with Crippen LogP contribution in [0.1, 0.15) is 18.4 Å². The number of benzene rings is 1. The lowest BCUT2D eigenvalue weighted by Gasteiger charge is -2.33. The summed E-state index contributed by atoms with van der Waals surface area (Å²) in [5, 5.41) is 12.5. The number of nitrogens with zero attached hydrogens (tertiary/aromatic N) is 5. The molecule has 0 radical (unpaired) electrons. The first-order valence-electron chi connectivity index (χ1n) is 8.92. The molecule has 0 amide bonds. The van der Waals surface area contributed by atoms with Gasteiger partial charge in [0.15, 0.2) is 11.6 Å². The summed E-state index contributed by atoms with van der Waals surface area (Å²) in [6.07, 6.45) is -0.0360. The minimum atomic E-state index is -4.43. The number of rotatable bonds is 4. The molecule has 2 aromatic heterocycles. The molecule has 1 fully saturated rings. The normalized spacial score (nSPS) is 15.6. The van der Waals surface area contributed by atoms with Crippen LogP contribution in [0.15, 0.2) is 54.9 Å². The van der Waals surface area contributed by atoms with Crippen LogP contribution in [-0.4, -0.2) is 39.2 Å². The van der Waals surface area contributed by atoms with Crippen LogP contribution in [0.3, 0.4) is 0 Å². The predicted molar refractivity (Wildman–Crippen MR) is 96.5 cm³/mol. The van der Waals surface area contributed by atoms with E-state index in [0.717, 1.165) is 11.9 Å². The first-order valence-corrected chi connectivity index (χ1v) is 8.92. The Labute approximate surface area is 159 Å². The lowest BCUT2D eigenvalue weighted by molar-refractivity contribution is -0.139. The maximum absolute atomic E-state index is 13.1. The molecule has 3 heterocycles. The number of hydrogen-bond acceptors (Lipinski definition) is 5. The third kappa shape index (κ3) is 3.92. The van der Waals surface area contributed by atoms with Gasteiger partial charge in [-0.25, -0.2) is 4.68 Å². The lowest BCUT2D eigenvalue weighted by atomic mass is 10.1. The van der Waals surface area contributed by atoms with Crippen LogP contribution < -0.4 is 9.64 Å². The van der Waals surface area contributed by atoms with Crippen LogP contribution in [0.4, 0.5) is 19.0 Å². The van der Waals surface area contributed by atoms with Crippen molar-refractivity contribution in [2.45, 2.75) is 25.1 Å². The van der Waals surface area contributed by atoms with Gasteiger partial charge in [-0.2, -0.15) is 18.3 Å². The van der Waals surface area contributed by atoms with Crippen LogP contribution in [0.25, 0.3) is 5.82 Å². The highest BCUT2D eigenvalue weighted by atomic mass is 19.4. The Balaban J connectivity index is 1.38. The Morgan fingerprint density at radius 1 is 0.929 bits per heavy atom. The van der Waals surface area contributed by atoms with Crippen molar-refractivity contribution >= 4 is 5.82 Å². The molecule has 4 rings (SSSR count). The Morgan fingerprint density at radius 3 is 2.29 bits per heavy atom. The number of anilines is 1. The Morgan fingerprint density at radius 2 is 1.64 bits per heavy atom. The predicted octanol–water partition coefficient (Wildman–Crippen LogP) is 3.73. The number of para-hydroxylation sites is 1. The molecule has 1 aliphatic heterocycles. The SMILES string of the molecule is FC(F)(F)c1ccccc1OC1CCN(c2ccc(-n3cccn3)nn2)CC1. The van der Waals surface area contributed by atoms with Crippen LogP contribution in [0.5, 0.6) is 5.75 Å². The van der Waals surface area contributed by atoms with Crippen molar-refractivity contribution in [3.8, 4) is 11.6 Å². The lowest BCUT2D eigenvalue weighted by Crippen LogP contribution is -2.39. The van der Waals surface area contributed by atoms with Crippen LogP contribution in [0.2, 0.25) is 0 Å². The molecular weight excluding hydrogens is 371 g/mol. The Hall–Kier alpha value is -3.10. The smallest absolute Gasteiger partial charge is 0.419 e. The fraction of sp³-hybridized carbons (Fsp3) is 0.316. The van der Waals surface area contributed by atoms with E-state index in [1.165, 1.54) is 12.1 Å². The fourth-order valence-corrected chi connectivity index (χ4v) is 3.20. The third-order valence-corrected chi connectivity index (χ3v) is 4.63. The van der Waals surface area contributed by atoms with Gasteiger partial charge in [0.1, 0.15) is 11.9 Å². The molecule has 9 heteroatoms. The molecule has 0 bridgehead atoms. The summed E-state index contributed by atoms with van der Waals surface area (Å²) in [7, 11) is 0. The van der Waals surface area contributed by atoms with E-state index in [2.05, 4.69) is 20.2 Å². The molecule has 1 aromatic carbocycles. The van der Waals surface area contributed by atoms with E-state index in [1.807, 2.05) is 12.1 Å². The van der Waals surface area contributed by atoms with Gasteiger partial charge in [-0.05, 0) is 30.3 Å². The first kappa shape index (κ1) is 18.3. The van der Waals surface area contributed by atoms with Gasteiger partial charge in [-0.15, -0.1) is 10.2 Å². The van der Waals surface area contributed by atoms with Crippen molar-refractivity contribution in [1.29, 1.82) is 0 Å². The van der Waals surface area contributed by atoms with E-state index >= 15 is 0 Å². The molecule has 3 aromatic rings. The highest BCUT2D eigenvalue weighted by Crippen LogP contribution is 2.37. The van der Waals surface area contributed by atoms with Crippen molar-refractivity contribution in [3.05, 3.63) is 60.4 Å². The molecule has 0 unspecified atom stereocenters. The fourth-order valence-electron chi connectivity index (χ4n) is 3.20. The van der Waals surface area contributed by atoms with Gasteiger partial charge in [0.25, 0.3) is 0 Å². The topological polar surface area (TPSA) is 56.1 Å². The van der Waals surface area contributed by atoms with Crippen molar-refractivity contribution in [3.63, 3.8) is 0 Å². The van der Waals surface area contributed by atoms with Crippen LogP contribution in [-0.2, 0) is 6.18 Å². The van der Waals surface area contributed by atoms with Gasteiger partial charge in [-0.1, -0.05) is 12.1 Å². The standard InChI is InChI=1S/C19H18F3N5O/c20-19(21,22)15-4-1-2-5-16(15)28-14-8-12-26(13-9-14)17-6-7-18(25-24-17)27-11-3-10-23-27/h1-7,10-11,14H,8-9,12-13H2. The molecule has 1 saturated heterocycles. The number of ether oxygens (including phenoxy) is 1. The van der Waals surface area contributed by atoms with Gasteiger partial charge in [0, 0.05) is 38.3 Å². The maximum atomic E-state index is 13.1. The van der Waals surface area contributed by atoms with E-state index in [4.69, 9.17) is 4.74 Å². The molecular formula is C19H18F3N5O. The molecule has 0 N–H and O–H groups in total. The zero-order valence-electron chi connectivity index (χ0n) is 14.9. The average Bonchev–Trinajstić information content (AvgIpc) is 3.23. The number of piperidine rings is 1. The highest BCUT2D eigenvalue weighted by Gasteiger charge is 2.35. The molecule has 6 nitrogen and oxygen atoms in total. The van der Waals surface area contributed by atoms with Crippen LogP contribution >= 0.6 is 0 Å². The monoisotopic (exact) mass is 389 g/mol. The maximum Gasteiger partial charge on any atom is 0.419 e. The second-order valence-corrected chi connectivity index (χ2v) is 6.50. The highest BCUT2D eigenvalue weighted by molar-refractivity contribution is 5.40. The van der Waals surface area contributed by atoms with Crippen LogP contribution in [0, 0.1) is 0 Å².